The monoisotopic (exact) mass is 382 g/mol. The summed E-state index contributed by atoms with van der Waals surface area (Å²) in [5.41, 5.74) is 2.39. The third-order valence-corrected chi connectivity index (χ3v) is 4.58. The lowest BCUT2D eigenvalue weighted by molar-refractivity contribution is 0.302. The molecule has 0 saturated carbocycles. The molecule has 27 heavy (non-hydrogen) atoms. The van der Waals surface area contributed by atoms with Gasteiger partial charge in [-0.25, -0.2) is 0 Å². The first kappa shape index (κ1) is 18.8. The van der Waals surface area contributed by atoms with E-state index in [0.29, 0.717) is 30.2 Å². The first-order valence-electron chi connectivity index (χ1n) is 8.19. The SMILES string of the molecule is COc1cc(-c2nnn(Cc3ccc(C#N)cc3)n2)ccc1SNCCO. The summed E-state index contributed by atoms with van der Waals surface area (Å²) < 4.78 is 8.47. The van der Waals surface area contributed by atoms with E-state index in [0.717, 1.165) is 16.0 Å². The Hall–Kier alpha value is -2.93. The van der Waals surface area contributed by atoms with Crippen LogP contribution in [0.25, 0.3) is 11.4 Å². The van der Waals surface area contributed by atoms with Crippen LogP contribution in [0.5, 0.6) is 5.75 Å². The molecule has 3 rings (SSSR count). The molecule has 2 N–H and O–H groups in total. The van der Waals surface area contributed by atoms with Crippen molar-refractivity contribution in [3.8, 4) is 23.2 Å². The van der Waals surface area contributed by atoms with Gasteiger partial charge in [-0.05, 0) is 53.1 Å². The number of nitriles is 1. The van der Waals surface area contributed by atoms with Crippen molar-refractivity contribution in [2.45, 2.75) is 11.4 Å². The first-order valence-corrected chi connectivity index (χ1v) is 9.01. The van der Waals surface area contributed by atoms with Crippen LogP contribution < -0.4 is 9.46 Å². The maximum Gasteiger partial charge on any atom is 0.205 e. The van der Waals surface area contributed by atoms with Crippen molar-refractivity contribution in [2.75, 3.05) is 20.3 Å². The van der Waals surface area contributed by atoms with Crippen molar-refractivity contribution in [2.24, 2.45) is 0 Å². The Balaban J connectivity index is 1.74. The Morgan fingerprint density at radius 1 is 1.26 bits per heavy atom. The van der Waals surface area contributed by atoms with E-state index in [1.807, 2.05) is 30.3 Å². The number of nitrogens with one attached hydrogen (secondary N) is 1. The maximum absolute atomic E-state index is 8.85. The Bertz CT molecular complexity index is 936. The van der Waals surface area contributed by atoms with Gasteiger partial charge in [-0.1, -0.05) is 12.1 Å². The normalized spacial score (nSPS) is 10.6. The standard InChI is InChI=1S/C18H18N6O2S/c1-26-16-10-15(6-7-17(16)27-20-8-9-25)18-21-23-24(22-18)12-14-4-2-13(11-19)3-5-14/h2-7,10,20,25H,8-9,12H2,1H3. The van der Waals surface area contributed by atoms with E-state index >= 15 is 0 Å². The number of hydrogen-bond donors (Lipinski definition) is 2. The summed E-state index contributed by atoms with van der Waals surface area (Å²) in [6, 6.07) is 15.0. The molecule has 3 aromatic rings. The van der Waals surface area contributed by atoms with Crippen LogP contribution in [-0.4, -0.2) is 45.6 Å². The fourth-order valence-corrected chi connectivity index (χ4v) is 3.07. The van der Waals surface area contributed by atoms with Crippen LogP contribution in [0.15, 0.2) is 47.4 Å². The highest BCUT2D eigenvalue weighted by Crippen LogP contribution is 2.31. The van der Waals surface area contributed by atoms with Gasteiger partial charge in [-0.2, -0.15) is 10.1 Å². The molecule has 8 nitrogen and oxygen atoms in total. The number of benzene rings is 2. The summed E-state index contributed by atoms with van der Waals surface area (Å²) in [6.45, 7) is 1.02. The molecule has 0 fully saturated rings. The summed E-state index contributed by atoms with van der Waals surface area (Å²) >= 11 is 1.39. The number of nitrogens with zero attached hydrogens (tertiary/aromatic N) is 5. The molecular formula is C18H18N6O2S. The fraction of sp³-hybridized carbons (Fsp3) is 0.222. The second-order valence-electron chi connectivity index (χ2n) is 5.54. The molecule has 0 spiro atoms. The van der Waals surface area contributed by atoms with Gasteiger partial charge in [0, 0.05) is 12.1 Å². The maximum atomic E-state index is 8.85. The molecule has 0 aliphatic heterocycles. The van der Waals surface area contributed by atoms with Gasteiger partial charge in [0.1, 0.15) is 5.75 Å². The van der Waals surface area contributed by atoms with Crippen molar-refractivity contribution < 1.29 is 9.84 Å². The number of aliphatic hydroxyl groups is 1. The summed E-state index contributed by atoms with van der Waals surface area (Å²) in [5.74, 6) is 1.19. The summed E-state index contributed by atoms with van der Waals surface area (Å²) in [6.07, 6.45) is 0. The van der Waals surface area contributed by atoms with Crippen LogP contribution >= 0.6 is 11.9 Å². The van der Waals surface area contributed by atoms with Gasteiger partial charge in [0.05, 0.1) is 36.8 Å². The molecular weight excluding hydrogens is 364 g/mol. The third-order valence-electron chi connectivity index (χ3n) is 3.68. The van der Waals surface area contributed by atoms with E-state index in [-0.39, 0.29) is 6.61 Å². The van der Waals surface area contributed by atoms with Crippen LogP contribution in [0.1, 0.15) is 11.1 Å². The number of methoxy groups -OCH3 is 1. The lowest BCUT2D eigenvalue weighted by Crippen LogP contribution is -2.09. The minimum absolute atomic E-state index is 0.0691. The Morgan fingerprint density at radius 3 is 2.78 bits per heavy atom. The van der Waals surface area contributed by atoms with E-state index in [4.69, 9.17) is 15.1 Å². The number of rotatable bonds is 8. The van der Waals surface area contributed by atoms with Gasteiger partial charge in [-0.15, -0.1) is 10.2 Å². The van der Waals surface area contributed by atoms with E-state index in [2.05, 4.69) is 26.2 Å². The highest BCUT2D eigenvalue weighted by molar-refractivity contribution is 7.97. The van der Waals surface area contributed by atoms with Crippen molar-refractivity contribution >= 4 is 11.9 Å². The molecule has 1 aromatic heterocycles. The lowest BCUT2D eigenvalue weighted by atomic mass is 10.1. The highest BCUT2D eigenvalue weighted by atomic mass is 32.2. The van der Waals surface area contributed by atoms with Crippen LogP contribution in [0.2, 0.25) is 0 Å². The van der Waals surface area contributed by atoms with Gasteiger partial charge in [0.15, 0.2) is 0 Å². The molecule has 0 atom stereocenters. The molecule has 0 radical (unpaired) electrons. The second kappa shape index (κ2) is 9.14. The van der Waals surface area contributed by atoms with E-state index in [9.17, 15) is 0 Å². The van der Waals surface area contributed by atoms with E-state index in [1.54, 1.807) is 19.2 Å². The Labute approximate surface area is 160 Å². The number of ether oxygens (including phenoxy) is 1. The van der Waals surface area contributed by atoms with Crippen LogP contribution in [-0.2, 0) is 6.54 Å². The van der Waals surface area contributed by atoms with E-state index < -0.39 is 0 Å². The molecule has 1 heterocycles. The number of aromatic nitrogens is 4. The second-order valence-corrected chi connectivity index (χ2v) is 6.47. The zero-order chi connectivity index (χ0) is 19.1. The summed E-state index contributed by atoms with van der Waals surface area (Å²) in [5, 5.41) is 30.3. The van der Waals surface area contributed by atoms with Gasteiger partial charge < -0.3 is 9.84 Å². The highest BCUT2D eigenvalue weighted by Gasteiger charge is 2.11. The minimum atomic E-state index is 0.0691. The number of aliphatic hydroxyl groups excluding tert-OH is 1. The molecule has 0 saturated heterocycles. The Kier molecular flexibility index (Phi) is 6.38. The average molecular weight is 382 g/mol. The van der Waals surface area contributed by atoms with Crippen molar-refractivity contribution in [3.05, 3.63) is 53.6 Å². The predicted molar refractivity (Wildman–Crippen MR) is 101 cm³/mol. The fourth-order valence-electron chi connectivity index (χ4n) is 2.34. The zero-order valence-electron chi connectivity index (χ0n) is 14.7. The van der Waals surface area contributed by atoms with Crippen molar-refractivity contribution in [1.82, 2.24) is 24.9 Å². The van der Waals surface area contributed by atoms with Gasteiger partial charge in [0.2, 0.25) is 5.82 Å². The van der Waals surface area contributed by atoms with E-state index in [1.165, 1.54) is 16.7 Å². The minimum Gasteiger partial charge on any atom is -0.496 e. The van der Waals surface area contributed by atoms with Crippen molar-refractivity contribution in [3.63, 3.8) is 0 Å². The molecule has 0 bridgehead atoms. The lowest BCUT2D eigenvalue weighted by Gasteiger charge is -2.09. The largest absolute Gasteiger partial charge is 0.496 e. The van der Waals surface area contributed by atoms with Crippen molar-refractivity contribution in [1.29, 1.82) is 5.26 Å². The molecule has 9 heteroatoms. The smallest absolute Gasteiger partial charge is 0.205 e. The van der Waals surface area contributed by atoms with Gasteiger partial charge in [0.25, 0.3) is 0 Å². The zero-order valence-corrected chi connectivity index (χ0v) is 15.5. The number of tetrazole rings is 1. The molecule has 0 aliphatic rings. The average Bonchev–Trinajstić information content (AvgIpc) is 3.17. The molecule has 2 aromatic carbocycles. The molecule has 0 unspecified atom stereocenters. The summed E-state index contributed by atoms with van der Waals surface area (Å²) in [4.78, 5) is 2.41. The number of hydrogen-bond acceptors (Lipinski definition) is 8. The van der Waals surface area contributed by atoms with Crippen LogP contribution in [0.3, 0.4) is 0 Å². The summed E-state index contributed by atoms with van der Waals surface area (Å²) in [7, 11) is 1.60. The predicted octanol–water partition coefficient (Wildman–Crippen LogP) is 1.86. The topological polar surface area (TPSA) is 109 Å². The molecule has 0 amide bonds. The molecule has 0 aliphatic carbocycles. The Morgan fingerprint density at radius 2 is 2.07 bits per heavy atom. The van der Waals surface area contributed by atoms with Gasteiger partial charge in [-0.3, -0.25) is 4.72 Å². The van der Waals surface area contributed by atoms with Gasteiger partial charge >= 0.3 is 0 Å². The third kappa shape index (κ3) is 4.83. The molecule has 138 valence electrons. The van der Waals surface area contributed by atoms with Crippen LogP contribution in [0.4, 0.5) is 0 Å². The first-order chi connectivity index (χ1) is 13.2. The van der Waals surface area contributed by atoms with Crippen LogP contribution in [0, 0.1) is 11.3 Å². The quantitative estimate of drug-likeness (QED) is 0.449.